The maximum Gasteiger partial charge on any atom is 0.292 e. The van der Waals surface area contributed by atoms with Crippen molar-refractivity contribution in [2.45, 2.75) is 5.03 Å². The van der Waals surface area contributed by atoms with Gasteiger partial charge >= 0.3 is 0 Å². The fraction of sp³-hybridized carbons (Fsp3) is 0.118. The number of nitrogens with zero attached hydrogens (tertiary/aromatic N) is 4. The van der Waals surface area contributed by atoms with Crippen LogP contribution >= 0.6 is 35.0 Å². The van der Waals surface area contributed by atoms with E-state index >= 15 is 0 Å². The molecule has 0 radical (unpaired) electrons. The van der Waals surface area contributed by atoms with Crippen molar-refractivity contribution in [2.24, 2.45) is 0 Å². The van der Waals surface area contributed by atoms with Crippen LogP contribution in [0.3, 0.4) is 0 Å². The molecule has 3 rings (SSSR count). The third-order valence-electron chi connectivity index (χ3n) is 3.70. The molecule has 2 heterocycles. The molecule has 2 aromatic rings. The molecule has 1 aromatic heterocycles. The van der Waals surface area contributed by atoms with Crippen molar-refractivity contribution in [1.29, 1.82) is 0 Å². The topological polar surface area (TPSA) is 88.8 Å². The van der Waals surface area contributed by atoms with Gasteiger partial charge in [-0.3, -0.25) is 15.0 Å². The number of amides is 2. The summed E-state index contributed by atoms with van der Waals surface area (Å²) in [4.78, 5) is 36.4. The second-order valence-corrected chi connectivity index (χ2v) is 6.83. The number of ether oxygens (including phenoxy) is 1. The highest BCUT2D eigenvalue weighted by atomic mass is 35.5. The second-order valence-electron chi connectivity index (χ2n) is 5.28. The van der Waals surface area contributed by atoms with Crippen LogP contribution in [0.4, 0.5) is 11.5 Å². The molecule has 28 heavy (non-hydrogen) atoms. The van der Waals surface area contributed by atoms with E-state index in [1.54, 1.807) is 37.6 Å². The maximum absolute atomic E-state index is 12.1. The first-order valence-corrected chi connectivity index (χ1v) is 9.58. The Morgan fingerprint density at radius 2 is 1.75 bits per heavy atom. The van der Waals surface area contributed by atoms with E-state index in [2.05, 4.69) is 20.2 Å². The Morgan fingerprint density at radius 1 is 1.14 bits per heavy atom. The molecule has 11 heteroatoms. The maximum atomic E-state index is 12.1. The summed E-state index contributed by atoms with van der Waals surface area (Å²) < 4.78 is 5.13. The summed E-state index contributed by atoms with van der Waals surface area (Å²) in [6.45, 7) is 7.44. The molecule has 0 aliphatic carbocycles. The van der Waals surface area contributed by atoms with Gasteiger partial charge in [0.15, 0.2) is 11.6 Å². The highest BCUT2D eigenvalue weighted by Crippen LogP contribution is 2.36. The summed E-state index contributed by atoms with van der Waals surface area (Å²) >= 11 is 12.7. The fourth-order valence-electron chi connectivity index (χ4n) is 2.31. The third-order valence-corrected chi connectivity index (χ3v) is 5.17. The monoisotopic (exact) mass is 435 g/mol. The lowest BCUT2D eigenvalue weighted by molar-refractivity contribution is -0.135. The Hall–Kier alpha value is -2.80. The minimum Gasteiger partial charge on any atom is -0.497 e. The van der Waals surface area contributed by atoms with Gasteiger partial charge in [0.25, 0.3) is 17.5 Å². The van der Waals surface area contributed by atoms with E-state index in [0.29, 0.717) is 27.2 Å². The lowest BCUT2D eigenvalue weighted by atomic mass is 10.2. The fourth-order valence-corrected chi connectivity index (χ4v) is 3.15. The van der Waals surface area contributed by atoms with Gasteiger partial charge in [-0.2, -0.15) is 5.01 Å². The summed E-state index contributed by atoms with van der Waals surface area (Å²) in [6, 6.07) is 6.98. The third kappa shape index (κ3) is 3.49. The van der Waals surface area contributed by atoms with Crippen molar-refractivity contribution in [3.63, 3.8) is 0 Å². The quantitative estimate of drug-likeness (QED) is 0.330. The van der Waals surface area contributed by atoms with Gasteiger partial charge < -0.3 is 4.74 Å². The van der Waals surface area contributed by atoms with Gasteiger partial charge in [0.1, 0.15) is 20.8 Å². The highest BCUT2D eigenvalue weighted by molar-refractivity contribution is 7.98. The number of hydrogen-bond acceptors (Lipinski definition) is 7. The van der Waals surface area contributed by atoms with Crippen LogP contribution in [0, 0.1) is 6.57 Å². The average molecular weight is 436 g/mol. The van der Waals surface area contributed by atoms with Crippen LogP contribution in [0.15, 0.2) is 39.4 Å². The molecule has 1 aliphatic heterocycles. The molecule has 1 aliphatic rings. The number of anilines is 1. The number of hydrazine groups is 1. The molecule has 0 unspecified atom stereocenters. The Kier molecular flexibility index (Phi) is 5.74. The summed E-state index contributed by atoms with van der Waals surface area (Å²) in [7, 11) is 1.55. The highest BCUT2D eigenvalue weighted by Gasteiger charge is 2.38. The average Bonchev–Trinajstić information content (AvgIpc) is 2.91. The van der Waals surface area contributed by atoms with Crippen molar-refractivity contribution in [3.05, 3.63) is 45.7 Å². The molecule has 0 fully saturated rings. The second kappa shape index (κ2) is 8.06. The molecular formula is C17H11Cl2N5O3S. The van der Waals surface area contributed by atoms with Crippen molar-refractivity contribution < 1.29 is 14.3 Å². The van der Waals surface area contributed by atoms with E-state index in [0.717, 1.165) is 0 Å². The summed E-state index contributed by atoms with van der Waals surface area (Å²) in [6.07, 6.45) is 1.75. The van der Waals surface area contributed by atoms with Crippen LogP contribution in [0.5, 0.6) is 5.75 Å². The van der Waals surface area contributed by atoms with Gasteiger partial charge in [0.05, 0.1) is 13.7 Å². The molecular weight excluding hydrogens is 425 g/mol. The van der Waals surface area contributed by atoms with E-state index in [4.69, 9.17) is 34.5 Å². The first-order chi connectivity index (χ1) is 13.4. The van der Waals surface area contributed by atoms with E-state index in [1.165, 1.54) is 11.8 Å². The molecule has 8 nitrogen and oxygen atoms in total. The number of aromatic nitrogens is 2. The normalized spacial score (nSPS) is 13.8. The zero-order chi connectivity index (χ0) is 20.4. The molecule has 1 N–H and O–H groups in total. The van der Waals surface area contributed by atoms with E-state index in [9.17, 15) is 9.59 Å². The summed E-state index contributed by atoms with van der Waals surface area (Å²) in [5, 5.41) is 0.183. The number of carbonyl (C=O) groups excluding carboxylic acids is 2. The SMILES string of the molecule is [C-]#[N+]c1c(NN2C(=O)C(Cl)=C(Cl)C2=O)nc(-c2ccc(OC)cc2)nc1SC. The molecule has 0 saturated carbocycles. The number of imide groups is 1. The van der Waals surface area contributed by atoms with Crippen molar-refractivity contribution in [3.8, 4) is 17.1 Å². The molecule has 0 saturated heterocycles. The van der Waals surface area contributed by atoms with Gasteiger partial charge in [0, 0.05) is 5.56 Å². The molecule has 142 valence electrons. The summed E-state index contributed by atoms with van der Waals surface area (Å²) in [5.41, 5.74) is 3.27. The molecule has 2 amide bonds. The number of carbonyl (C=O) groups is 2. The van der Waals surface area contributed by atoms with E-state index < -0.39 is 21.9 Å². The van der Waals surface area contributed by atoms with Gasteiger partial charge in [-0.25, -0.2) is 14.8 Å². The van der Waals surface area contributed by atoms with E-state index in [1.807, 2.05) is 0 Å². The Balaban J connectivity index is 2.06. The van der Waals surface area contributed by atoms with Gasteiger partial charge in [-0.05, 0) is 30.5 Å². The zero-order valence-corrected chi connectivity index (χ0v) is 16.8. The number of benzene rings is 1. The van der Waals surface area contributed by atoms with Crippen molar-refractivity contribution in [2.75, 3.05) is 18.8 Å². The van der Waals surface area contributed by atoms with Crippen molar-refractivity contribution in [1.82, 2.24) is 15.0 Å². The van der Waals surface area contributed by atoms with Crippen LogP contribution in [-0.2, 0) is 9.59 Å². The predicted octanol–water partition coefficient (Wildman–Crippen LogP) is 3.81. The Morgan fingerprint density at radius 3 is 2.25 bits per heavy atom. The number of rotatable bonds is 5. The minimum atomic E-state index is -0.831. The van der Waals surface area contributed by atoms with Crippen LogP contribution in [0.25, 0.3) is 16.2 Å². The molecule has 0 atom stereocenters. The smallest absolute Gasteiger partial charge is 0.292 e. The number of halogens is 2. The number of nitrogens with one attached hydrogen (secondary N) is 1. The minimum absolute atomic E-state index is 0.0160. The van der Waals surface area contributed by atoms with Crippen molar-refractivity contribution >= 4 is 58.3 Å². The molecule has 1 aromatic carbocycles. The summed E-state index contributed by atoms with van der Waals surface area (Å²) in [5.74, 6) is -0.719. The first-order valence-electron chi connectivity index (χ1n) is 7.59. The number of methoxy groups -OCH3 is 1. The molecule has 0 spiro atoms. The lowest BCUT2D eigenvalue weighted by Crippen LogP contribution is -2.37. The van der Waals surface area contributed by atoms with Crippen LogP contribution in [0.2, 0.25) is 0 Å². The number of thioether (sulfide) groups is 1. The van der Waals surface area contributed by atoms with Crippen LogP contribution in [0.1, 0.15) is 0 Å². The Bertz CT molecular complexity index is 1030. The van der Waals surface area contributed by atoms with Crippen LogP contribution in [-0.4, -0.2) is 40.2 Å². The van der Waals surface area contributed by atoms with Gasteiger partial charge in [-0.1, -0.05) is 23.2 Å². The zero-order valence-electron chi connectivity index (χ0n) is 14.5. The predicted molar refractivity (Wildman–Crippen MR) is 106 cm³/mol. The number of hydrogen-bond donors (Lipinski definition) is 1. The lowest BCUT2D eigenvalue weighted by Gasteiger charge is -2.18. The first kappa shape index (κ1) is 19.9. The molecule has 0 bridgehead atoms. The van der Waals surface area contributed by atoms with Crippen LogP contribution < -0.4 is 10.2 Å². The Labute approximate surface area is 174 Å². The standard InChI is InChI=1S/C17H11Cl2N5O3S/c1-20-12-14(23-24-16(25)10(18)11(19)17(24)26)21-13(22-15(12)28-3)8-4-6-9(27-2)7-5-8/h4-7H,2-3H3,(H,21,22,23). The van der Waals surface area contributed by atoms with E-state index in [-0.39, 0.29) is 11.5 Å². The van der Waals surface area contributed by atoms with Gasteiger partial charge in [-0.15, -0.1) is 11.8 Å². The van der Waals surface area contributed by atoms with Gasteiger partial charge in [0.2, 0.25) is 0 Å². The largest absolute Gasteiger partial charge is 0.497 e.